The third-order valence-corrected chi connectivity index (χ3v) is 7.99. The van der Waals surface area contributed by atoms with Crippen LogP contribution in [0.15, 0.2) is 53.4 Å². The molecule has 0 aliphatic carbocycles. The van der Waals surface area contributed by atoms with Crippen LogP contribution in [0.3, 0.4) is 0 Å². The van der Waals surface area contributed by atoms with E-state index in [0.29, 0.717) is 11.5 Å². The van der Waals surface area contributed by atoms with Crippen LogP contribution in [0.25, 0.3) is 0 Å². The maximum atomic E-state index is 13.6. The Labute approximate surface area is 228 Å². The SMILES string of the molecule is CC(C)CN(C[C@@H](O)[C@H](Cc1ccccc1)NC(=O)[C@H](C)NC(=O)CCl)S(=O)(=O)c1ccc2c(c1)OCO2. The number of ether oxygens (including phenoxy) is 2. The summed E-state index contributed by atoms with van der Waals surface area (Å²) >= 11 is 5.53. The third kappa shape index (κ3) is 7.83. The van der Waals surface area contributed by atoms with Gasteiger partial charge in [0.05, 0.1) is 17.0 Å². The summed E-state index contributed by atoms with van der Waals surface area (Å²) in [4.78, 5) is 24.5. The number of fused-ring (bicyclic) bond motifs is 1. The minimum absolute atomic E-state index is 0.00986. The Bertz CT molecular complexity index is 1210. The molecule has 0 saturated heterocycles. The second-order valence-electron chi connectivity index (χ2n) is 9.53. The first-order valence-corrected chi connectivity index (χ1v) is 14.3. The molecule has 0 unspecified atom stereocenters. The number of nitrogens with zero attached hydrogens (tertiary/aromatic N) is 1. The first-order chi connectivity index (χ1) is 18.0. The molecular formula is C26H34ClN3O7S. The van der Waals surface area contributed by atoms with E-state index in [1.54, 1.807) is 0 Å². The Hall–Kier alpha value is -2.86. The van der Waals surface area contributed by atoms with Crippen LogP contribution >= 0.6 is 11.6 Å². The van der Waals surface area contributed by atoms with Gasteiger partial charge >= 0.3 is 0 Å². The van der Waals surface area contributed by atoms with Gasteiger partial charge in [-0.2, -0.15) is 4.31 Å². The molecule has 10 nitrogen and oxygen atoms in total. The normalized spacial score (nSPS) is 15.2. The number of hydrogen-bond acceptors (Lipinski definition) is 7. The van der Waals surface area contributed by atoms with Crippen molar-refractivity contribution in [2.45, 2.75) is 50.3 Å². The van der Waals surface area contributed by atoms with Crippen molar-refractivity contribution in [2.75, 3.05) is 25.8 Å². The van der Waals surface area contributed by atoms with Crippen molar-refractivity contribution < 1.29 is 32.6 Å². The fraction of sp³-hybridized carbons (Fsp3) is 0.462. The number of aliphatic hydroxyl groups excluding tert-OH is 1. The second-order valence-corrected chi connectivity index (χ2v) is 11.7. The van der Waals surface area contributed by atoms with E-state index in [-0.39, 0.29) is 43.0 Å². The molecule has 3 N–H and O–H groups in total. The highest BCUT2D eigenvalue weighted by atomic mass is 35.5. The van der Waals surface area contributed by atoms with Gasteiger partial charge < -0.3 is 25.2 Å². The summed E-state index contributed by atoms with van der Waals surface area (Å²) in [7, 11) is -4.03. The minimum Gasteiger partial charge on any atom is -0.454 e. The highest BCUT2D eigenvalue weighted by Gasteiger charge is 2.33. The maximum absolute atomic E-state index is 13.6. The number of nitrogens with one attached hydrogen (secondary N) is 2. The quantitative estimate of drug-likeness (QED) is 0.315. The molecule has 1 aliphatic heterocycles. The van der Waals surface area contributed by atoms with Gasteiger partial charge in [0.2, 0.25) is 28.6 Å². The van der Waals surface area contributed by atoms with Crippen LogP contribution in [0, 0.1) is 5.92 Å². The molecule has 3 atom stereocenters. The molecule has 1 aliphatic rings. The fourth-order valence-corrected chi connectivity index (χ4v) is 5.72. The predicted octanol–water partition coefficient (Wildman–Crippen LogP) is 1.89. The van der Waals surface area contributed by atoms with E-state index in [1.807, 2.05) is 44.2 Å². The van der Waals surface area contributed by atoms with Crippen molar-refractivity contribution in [1.82, 2.24) is 14.9 Å². The zero-order chi connectivity index (χ0) is 27.9. The van der Waals surface area contributed by atoms with Crippen molar-refractivity contribution in [2.24, 2.45) is 5.92 Å². The van der Waals surface area contributed by atoms with Crippen molar-refractivity contribution in [1.29, 1.82) is 0 Å². The summed E-state index contributed by atoms with van der Waals surface area (Å²) in [6.45, 7) is 5.13. The third-order valence-electron chi connectivity index (χ3n) is 5.92. The van der Waals surface area contributed by atoms with Gasteiger partial charge in [0.15, 0.2) is 11.5 Å². The number of sulfonamides is 1. The van der Waals surface area contributed by atoms with Gasteiger partial charge in [-0.3, -0.25) is 9.59 Å². The molecule has 0 fully saturated rings. The van der Waals surface area contributed by atoms with Gasteiger partial charge in [0.25, 0.3) is 0 Å². The van der Waals surface area contributed by atoms with E-state index in [9.17, 15) is 23.1 Å². The van der Waals surface area contributed by atoms with E-state index in [0.717, 1.165) is 5.56 Å². The van der Waals surface area contributed by atoms with E-state index in [1.165, 1.54) is 29.4 Å². The Morgan fingerprint density at radius 2 is 1.71 bits per heavy atom. The lowest BCUT2D eigenvalue weighted by Gasteiger charge is -2.31. The van der Waals surface area contributed by atoms with Crippen LogP contribution in [-0.2, 0) is 26.0 Å². The number of carbonyl (C=O) groups is 2. The average Bonchev–Trinajstić information content (AvgIpc) is 3.36. The van der Waals surface area contributed by atoms with Crippen LogP contribution in [0.1, 0.15) is 26.3 Å². The number of rotatable bonds is 13. The standard InChI is InChI=1S/C26H34ClN3O7S/c1-17(2)14-30(38(34,35)20-9-10-23-24(12-20)37-16-36-23)15-22(31)21(11-19-7-5-4-6-8-19)29-26(33)18(3)28-25(32)13-27/h4-10,12,17-18,21-22,31H,11,13-16H2,1-3H3,(H,28,32)(H,29,33)/t18-,21-,22+/m0/s1. The predicted molar refractivity (Wildman–Crippen MR) is 143 cm³/mol. The molecular weight excluding hydrogens is 534 g/mol. The van der Waals surface area contributed by atoms with Gasteiger partial charge in [-0.15, -0.1) is 11.6 Å². The maximum Gasteiger partial charge on any atom is 0.243 e. The fourth-order valence-electron chi connectivity index (χ4n) is 4.00. The van der Waals surface area contributed by atoms with Crippen molar-refractivity contribution in [3.05, 3.63) is 54.1 Å². The van der Waals surface area contributed by atoms with Crippen LogP contribution in [0.2, 0.25) is 0 Å². The van der Waals surface area contributed by atoms with Gasteiger partial charge in [0, 0.05) is 19.2 Å². The minimum atomic E-state index is -4.03. The summed E-state index contributed by atoms with van der Waals surface area (Å²) in [5.74, 6) is -0.585. The molecule has 0 radical (unpaired) electrons. The summed E-state index contributed by atoms with van der Waals surface area (Å²) < 4.78 is 39.1. The first kappa shape index (κ1) is 29.7. The van der Waals surface area contributed by atoms with Crippen LogP contribution in [0.5, 0.6) is 11.5 Å². The highest BCUT2D eigenvalue weighted by Crippen LogP contribution is 2.34. The van der Waals surface area contributed by atoms with Gasteiger partial charge in [0.1, 0.15) is 11.9 Å². The summed E-state index contributed by atoms with van der Waals surface area (Å²) in [6.07, 6.45) is -1.03. The van der Waals surface area contributed by atoms with E-state index >= 15 is 0 Å². The van der Waals surface area contributed by atoms with Crippen LogP contribution < -0.4 is 20.1 Å². The lowest BCUT2D eigenvalue weighted by molar-refractivity contribution is -0.128. The Morgan fingerprint density at radius 1 is 1.03 bits per heavy atom. The number of aliphatic hydroxyl groups is 1. The van der Waals surface area contributed by atoms with Crippen LogP contribution in [0.4, 0.5) is 0 Å². The topological polar surface area (TPSA) is 134 Å². The monoisotopic (exact) mass is 567 g/mol. The van der Waals surface area contributed by atoms with Crippen molar-refractivity contribution >= 4 is 33.4 Å². The lowest BCUT2D eigenvalue weighted by Crippen LogP contribution is -2.55. The molecule has 2 aromatic carbocycles. The molecule has 38 heavy (non-hydrogen) atoms. The van der Waals surface area contributed by atoms with Gasteiger partial charge in [-0.1, -0.05) is 44.2 Å². The van der Waals surface area contributed by atoms with E-state index in [2.05, 4.69) is 10.6 Å². The zero-order valence-electron chi connectivity index (χ0n) is 21.6. The molecule has 1 heterocycles. The molecule has 12 heteroatoms. The number of alkyl halides is 1. The lowest BCUT2D eigenvalue weighted by atomic mass is 10.0. The number of hydrogen-bond donors (Lipinski definition) is 3. The number of benzene rings is 2. The van der Waals surface area contributed by atoms with Gasteiger partial charge in [-0.05, 0) is 37.0 Å². The molecule has 0 aromatic heterocycles. The largest absolute Gasteiger partial charge is 0.454 e. The molecule has 0 saturated carbocycles. The van der Waals surface area contributed by atoms with E-state index in [4.69, 9.17) is 21.1 Å². The molecule has 0 bridgehead atoms. The second kappa shape index (κ2) is 13.3. The highest BCUT2D eigenvalue weighted by molar-refractivity contribution is 7.89. The number of carbonyl (C=O) groups excluding carboxylic acids is 2. The molecule has 2 aromatic rings. The van der Waals surface area contributed by atoms with E-state index < -0.39 is 40.0 Å². The number of halogens is 1. The Balaban J connectivity index is 1.85. The smallest absolute Gasteiger partial charge is 0.243 e. The van der Waals surface area contributed by atoms with Crippen molar-refractivity contribution in [3.8, 4) is 11.5 Å². The molecule has 2 amide bonds. The summed E-state index contributed by atoms with van der Waals surface area (Å²) in [5, 5.41) is 16.6. The van der Waals surface area contributed by atoms with Crippen molar-refractivity contribution in [3.63, 3.8) is 0 Å². The molecule has 208 valence electrons. The molecule has 3 rings (SSSR count). The number of amides is 2. The summed E-state index contributed by atoms with van der Waals surface area (Å²) in [5.41, 5.74) is 0.836. The summed E-state index contributed by atoms with van der Waals surface area (Å²) in [6, 6.07) is 11.8. The first-order valence-electron chi connectivity index (χ1n) is 12.3. The van der Waals surface area contributed by atoms with Gasteiger partial charge in [-0.25, -0.2) is 8.42 Å². The Kier molecular flexibility index (Phi) is 10.4. The molecule has 0 spiro atoms. The van der Waals surface area contributed by atoms with Crippen LogP contribution in [-0.4, -0.2) is 73.6 Å². The average molecular weight is 568 g/mol. The Morgan fingerprint density at radius 3 is 2.37 bits per heavy atom. The zero-order valence-corrected chi connectivity index (χ0v) is 23.2.